The van der Waals surface area contributed by atoms with Crippen molar-refractivity contribution in [1.82, 2.24) is 5.32 Å². The zero-order chi connectivity index (χ0) is 16.0. The van der Waals surface area contributed by atoms with Crippen molar-refractivity contribution in [3.63, 3.8) is 0 Å². The van der Waals surface area contributed by atoms with Gasteiger partial charge in [-0.05, 0) is 36.5 Å². The van der Waals surface area contributed by atoms with Gasteiger partial charge in [-0.25, -0.2) is 0 Å². The lowest BCUT2D eigenvalue weighted by atomic mass is 9.84. The van der Waals surface area contributed by atoms with Crippen molar-refractivity contribution >= 4 is 29.2 Å². The van der Waals surface area contributed by atoms with Crippen LogP contribution in [0.2, 0.25) is 5.02 Å². The van der Waals surface area contributed by atoms with Crippen molar-refractivity contribution in [2.75, 3.05) is 12.3 Å². The van der Waals surface area contributed by atoms with E-state index in [0.717, 1.165) is 0 Å². The molecular formula is C15H21ClN2O3. The van der Waals surface area contributed by atoms with Crippen LogP contribution in [0.1, 0.15) is 43.5 Å². The van der Waals surface area contributed by atoms with Crippen LogP contribution in [-0.4, -0.2) is 23.5 Å². The zero-order valence-electron chi connectivity index (χ0n) is 12.3. The third-order valence-corrected chi connectivity index (χ3v) is 3.71. The van der Waals surface area contributed by atoms with Gasteiger partial charge in [-0.2, -0.15) is 0 Å². The molecule has 116 valence electrons. The van der Waals surface area contributed by atoms with E-state index >= 15 is 0 Å². The van der Waals surface area contributed by atoms with Crippen LogP contribution in [0.4, 0.5) is 5.69 Å². The van der Waals surface area contributed by atoms with Gasteiger partial charge in [0, 0.05) is 18.5 Å². The molecule has 4 N–H and O–H groups in total. The van der Waals surface area contributed by atoms with Crippen molar-refractivity contribution in [3.05, 3.63) is 28.8 Å². The number of nitrogens with one attached hydrogen (secondary N) is 1. The Morgan fingerprint density at radius 2 is 2.00 bits per heavy atom. The SMILES string of the molecule is CC(C)(CCNC(=O)c1ccc(Cl)c(N)c1)CCC(=O)O. The van der Waals surface area contributed by atoms with E-state index in [9.17, 15) is 9.59 Å². The maximum atomic E-state index is 12.0. The van der Waals surface area contributed by atoms with Gasteiger partial charge in [-0.1, -0.05) is 25.4 Å². The first kappa shape index (κ1) is 17.3. The van der Waals surface area contributed by atoms with Crippen molar-refractivity contribution in [3.8, 4) is 0 Å². The molecule has 0 aromatic heterocycles. The Bertz CT molecular complexity index is 530. The molecule has 1 amide bonds. The number of rotatable bonds is 7. The molecule has 0 atom stereocenters. The number of nitrogens with two attached hydrogens (primary N) is 1. The Kier molecular flexibility index (Phi) is 6.03. The molecule has 1 aromatic rings. The van der Waals surface area contributed by atoms with Gasteiger partial charge >= 0.3 is 5.97 Å². The zero-order valence-corrected chi connectivity index (χ0v) is 13.0. The Balaban J connectivity index is 2.46. The fraction of sp³-hybridized carbons (Fsp3) is 0.467. The second-order valence-electron chi connectivity index (χ2n) is 5.80. The molecule has 1 aromatic carbocycles. The molecule has 0 aliphatic rings. The Hall–Kier alpha value is -1.75. The second-order valence-corrected chi connectivity index (χ2v) is 6.21. The summed E-state index contributed by atoms with van der Waals surface area (Å²) in [5.74, 6) is -1.02. The van der Waals surface area contributed by atoms with Crippen LogP contribution >= 0.6 is 11.6 Å². The summed E-state index contributed by atoms with van der Waals surface area (Å²) in [6.45, 7) is 4.46. The van der Waals surface area contributed by atoms with Crippen LogP contribution in [0.15, 0.2) is 18.2 Å². The van der Waals surface area contributed by atoms with E-state index in [-0.39, 0.29) is 17.7 Å². The number of amides is 1. The number of hydrogen-bond donors (Lipinski definition) is 3. The molecule has 0 fully saturated rings. The molecule has 0 aliphatic carbocycles. The van der Waals surface area contributed by atoms with Crippen LogP contribution in [-0.2, 0) is 4.79 Å². The molecule has 0 aliphatic heterocycles. The number of carboxylic acid groups (broad SMARTS) is 1. The van der Waals surface area contributed by atoms with E-state index in [4.69, 9.17) is 22.4 Å². The van der Waals surface area contributed by atoms with E-state index in [2.05, 4.69) is 5.32 Å². The molecule has 0 spiro atoms. The smallest absolute Gasteiger partial charge is 0.303 e. The normalized spacial score (nSPS) is 11.2. The van der Waals surface area contributed by atoms with Crippen LogP contribution in [0, 0.1) is 5.41 Å². The highest BCUT2D eigenvalue weighted by atomic mass is 35.5. The van der Waals surface area contributed by atoms with Gasteiger partial charge in [0.05, 0.1) is 10.7 Å². The number of aliphatic carboxylic acids is 1. The Morgan fingerprint density at radius 3 is 2.57 bits per heavy atom. The molecule has 6 heteroatoms. The molecule has 0 bridgehead atoms. The van der Waals surface area contributed by atoms with Crippen LogP contribution in [0.25, 0.3) is 0 Å². The number of carboxylic acids is 1. The van der Waals surface area contributed by atoms with Gasteiger partial charge in [0.15, 0.2) is 0 Å². The van der Waals surface area contributed by atoms with Crippen LogP contribution in [0.3, 0.4) is 0 Å². The third-order valence-electron chi connectivity index (χ3n) is 3.36. The fourth-order valence-electron chi connectivity index (χ4n) is 1.87. The molecule has 5 nitrogen and oxygen atoms in total. The average molecular weight is 313 g/mol. The lowest BCUT2D eigenvalue weighted by molar-refractivity contribution is -0.137. The van der Waals surface area contributed by atoms with Gasteiger partial charge in [-0.3, -0.25) is 9.59 Å². The highest BCUT2D eigenvalue weighted by molar-refractivity contribution is 6.33. The number of halogens is 1. The van der Waals surface area contributed by atoms with Gasteiger partial charge in [0.2, 0.25) is 0 Å². The van der Waals surface area contributed by atoms with Crippen molar-refractivity contribution in [1.29, 1.82) is 0 Å². The predicted octanol–water partition coefficient (Wildman–Crippen LogP) is 2.93. The molecule has 0 saturated carbocycles. The minimum Gasteiger partial charge on any atom is -0.481 e. The number of carbonyl (C=O) groups is 2. The first-order valence-electron chi connectivity index (χ1n) is 6.76. The summed E-state index contributed by atoms with van der Waals surface area (Å²) in [7, 11) is 0. The third kappa shape index (κ3) is 6.04. The first-order valence-corrected chi connectivity index (χ1v) is 7.14. The molecule has 0 radical (unpaired) electrons. The van der Waals surface area contributed by atoms with Gasteiger partial charge in [-0.15, -0.1) is 0 Å². The average Bonchev–Trinajstić information content (AvgIpc) is 2.39. The summed E-state index contributed by atoms with van der Waals surface area (Å²) < 4.78 is 0. The summed E-state index contributed by atoms with van der Waals surface area (Å²) in [5, 5.41) is 11.9. The molecular weight excluding hydrogens is 292 g/mol. The molecule has 0 unspecified atom stereocenters. The minimum atomic E-state index is -0.802. The number of carbonyl (C=O) groups excluding carboxylic acids is 1. The largest absolute Gasteiger partial charge is 0.481 e. The second kappa shape index (κ2) is 7.31. The van der Waals surface area contributed by atoms with Gasteiger partial charge in [0.1, 0.15) is 0 Å². The quantitative estimate of drug-likeness (QED) is 0.675. The molecule has 21 heavy (non-hydrogen) atoms. The topological polar surface area (TPSA) is 92.4 Å². The maximum Gasteiger partial charge on any atom is 0.303 e. The molecule has 0 heterocycles. The summed E-state index contributed by atoms with van der Waals surface area (Å²) in [6.07, 6.45) is 1.41. The van der Waals surface area contributed by atoms with Crippen molar-refractivity contribution < 1.29 is 14.7 Å². The van der Waals surface area contributed by atoms with E-state index in [1.807, 2.05) is 13.8 Å². The number of benzene rings is 1. The summed E-state index contributed by atoms with van der Waals surface area (Å²) in [4.78, 5) is 22.5. The summed E-state index contributed by atoms with van der Waals surface area (Å²) in [5.41, 5.74) is 6.35. The van der Waals surface area contributed by atoms with E-state index in [1.54, 1.807) is 12.1 Å². The number of hydrogen-bond acceptors (Lipinski definition) is 3. The fourth-order valence-corrected chi connectivity index (χ4v) is 1.99. The summed E-state index contributed by atoms with van der Waals surface area (Å²) >= 11 is 5.81. The molecule has 0 saturated heterocycles. The lowest BCUT2D eigenvalue weighted by Crippen LogP contribution is -2.28. The highest BCUT2D eigenvalue weighted by Crippen LogP contribution is 2.26. The van der Waals surface area contributed by atoms with Gasteiger partial charge < -0.3 is 16.2 Å². The van der Waals surface area contributed by atoms with E-state index in [1.165, 1.54) is 6.07 Å². The number of nitrogen functional groups attached to an aromatic ring is 1. The minimum absolute atomic E-state index is 0.134. The van der Waals surface area contributed by atoms with Crippen molar-refractivity contribution in [2.24, 2.45) is 5.41 Å². The maximum absolute atomic E-state index is 12.0. The highest BCUT2D eigenvalue weighted by Gasteiger charge is 2.19. The Morgan fingerprint density at radius 1 is 1.33 bits per heavy atom. The number of anilines is 1. The molecule has 1 rings (SSSR count). The monoisotopic (exact) mass is 312 g/mol. The van der Waals surface area contributed by atoms with E-state index in [0.29, 0.717) is 35.7 Å². The standard InChI is InChI=1S/C15H21ClN2O3/c1-15(2,6-5-13(19)20)7-8-18-14(21)10-3-4-11(16)12(17)9-10/h3-4,9H,5-8,17H2,1-2H3,(H,18,21)(H,19,20). The Labute approximate surface area is 129 Å². The first-order chi connectivity index (χ1) is 9.71. The predicted molar refractivity (Wildman–Crippen MR) is 83.5 cm³/mol. The van der Waals surface area contributed by atoms with Gasteiger partial charge in [0.25, 0.3) is 5.91 Å². The van der Waals surface area contributed by atoms with Crippen LogP contribution < -0.4 is 11.1 Å². The van der Waals surface area contributed by atoms with Crippen molar-refractivity contribution in [2.45, 2.75) is 33.1 Å². The summed E-state index contributed by atoms with van der Waals surface area (Å²) in [6, 6.07) is 4.74. The van der Waals surface area contributed by atoms with E-state index < -0.39 is 5.97 Å². The lowest BCUT2D eigenvalue weighted by Gasteiger charge is -2.23. The van der Waals surface area contributed by atoms with Crippen LogP contribution in [0.5, 0.6) is 0 Å².